The first-order valence-corrected chi connectivity index (χ1v) is 9.08. The number of rotatable bonds is 5. The van der Waals surface area contributed by atoms with E-state index in [0.29, 0.717) is 23.8 Å². The molecule has 1 aliphatic rings. The Morgan fingerprint density at radius 1 is 1.29 bits per heavy atom. The Kier molecular flexibility index (Phi) is 4.68. The molecular formula is C20H21N5O3. The molecule has 0 aliphatic carbocycles. The van der Waals surface area contributed by atoms with Gasteiger partial charge in [-0.1, -0.05) is 12.1 Å². The number of nitrogens with one attached hydrogen (secondary N) is 1. The molecule has 1 N–H and O–H groups in total. The first-order valence-electron chi connectivity index (χ1n) is 9.08. The highest BCUT2D eigenvalue weighted by Gasteiger charge is 2.36. The van der Waals surface area contributed by atoms with Crippen molar-refractivity contribution in [3.8, 4) is 5.75 Å². The number of amides is 2. The molecule has 1 atom stereocenters. The maximum absolute atomic E-state index is 12.6. The van der Waals surface area contributed by atoms with Crippen LogP contribution in [0.3, 0.4) is 0 Å². The Morgan fingerprint density at radius 3 is 2.96 bits per heavy atom. The molecule has 144 valence electrons. The maximum atomic E-state index is 12.6. The van der Waals surface area contributed by atoms with E-state index in [0.717, 1.165) is 11.2 Å². The fourth-order valence-electron chi connectivity index (χ4n) is 3.45. The number of benzene rings is 1. The molecule has 0 spiro atoms. The van der Waals surface area contributed by atoms with E-state index in [-0.39, 0.29) is 24.8 Å². The summed E-state index contributed by atoms with van der Waals surface area (Å²) in [5.74, 6) is 0.587. The van der Waals surface area contributed by atoms with Gasteiger partial charge in [0.15, 0.2) is 11.5 Å². The first-order chi connectivity index (χ1) is 13.6. The quantitative estimate of drug-likeness (QED) is 0.729. The summed E-state index contributed by atoms with van der Waals surface area (Å²) < 4.78 is 7.21. The minimum absolute atomic E-state index is 0.0861. The highest BCUT2D eigenvalue weighted by atomic mass is 16.5. The van der Waals surface area contributed by atoms with Crippen LogP contribution in [0.5, 0.6) is 5.75 Å². The molecule has 2 amide bonds. The van der Waals surface area contributed by atoms with Crippen molar-refractivity contribution in [2.45, 2.75) is 19.9 Å². The van der Waals surface area contributed by atoms with Crippen LogP contribution < -0.4 is 15.0 Å². The molecule has 0 saturated carbocycles. The number of carbonyl (C=O) groups excluding carboxylic acids is 2. The van der Waals surface area contributed by atoms with Gasteiger partial charge in [0.1, 0.15) is 5.75 Å². The van der Waals surface area contributed by atoms with Crippen molar-refractivity contribution in [2.24, 2.45) is 5.92 Å². The van der Waals surface area contributed by atoms with Gasteiger partial charge in [0.05, 0.1) is 25.3 Å². The molecule has 8 nitrogen and oxygen atoms in total. The fraction of sp³-hybridized carbons (Fsp3) is 0.300. The van der Waals surface area contributed by atoms with E-state index >= 15 is 0 Å². The summed E-state index contributed by atoms with van der Waals surface area (Å²) in [5, 5.41) is 11.1. The number of aryl methyl sites for hydroxylation is 1. The largest absolute Gasteiger partial charge is 0.495 e. The molecule has 3 aromatic rings. The van der Waals surface area contributed by atoms with Gasteiger partial charge in [-0.25, -0.2) is 0 Å². The van der Waals surface area contributed by atoms with Crippen LogP contribution in [0.15, 0.2) is 42.6 Å². The number of aromatic nitrogens is 3. The number of hydrogen-bond acceptors (Lipinski definition) is 5. The van der Waals surface area contributed by atoms with Gasteiger partial charge < -0.3 is 15.0 Å². The normalized spacial score (nSPS) is 16.6. The van der Waals surface area contributed by atoms with E-state index in [9.17, 15) is 9.59 Å². The highest BCUT2D eigenvalue weighted by Crippen LogP contribution is 2.33. The Bertz CT molecular complexity index is 1050. The minimum Gasteiger partial charge on any atom is -0.495 e. The van der Waals surface area contributed by atoms with Gasteiger partial charge in [0.25, 0.3) is 0 Å². The fourth-order valence-corrected chi connectivity index (χ4v) is 3.45. The van der Waals surface area contributed by atoms with Crippen LogP contribution in [-0.2, 0) is 16.1 Å². The van der Waals surface area contributed by atoms with Crippen molar-refractivity contribution in [3.05, 3.63) is 54.0 Å². The van der Waals surface area contributed by atoms with Crippen molar-refractivity contribution in [1.29, 1.82) is 0 Å². The summed E-state index contributed by atoms with van der Waals surface area (Å²) in [7, 11) is 1.57. The Morgan fingerprint density at radius 2 is 2.14 bits per heavy atom. The van der Waals surface area contributed by atoms with E-state index in [1.54, 1.807) is 12.0 Å². The van der Waals surface area contributed by atoms with Crippen LogP contribution in [0.4, 0.5) is 5.69 Å². The van der Waals surface area contributed by atoms with Crippen molar-refractivity contribution in [3.63, 3.8) is 0 Å². The number of pyridine rings is 1. The summed E-state index contributed by atoms with van der Waals surface area (Å²) in [6.45, 7) is 2.53. The molecule has 3 heterocycles. The summed E-state index contributed by atoms with van der Waals surface area (Å²) in [6.07, 6.45) is 2.02. The minimum atomic E-state index is -0.420. The van der Waals surface area contributed by atoms with Gasteiger partial charge in [-0.2, -0.15) is 0 Å². The van der Waals surface area contributed by atoms with E-state index in [4.69, 9.17) is 4.74 Å². The lowest BCUT2D eigenvalue weighted by atomic mass is 10.1. The third-order valence-electron chi connectivity index (χ3n) is 4.93. The third-order valence-corrected chi connectivity index (χ3v) is 4.93. The number of fused-ring (bicyclic) bond motifs is 1. The van der Waals surface area contributed by atoms with Gasteiger partial charge in [-0.3, -0.25) is 14.0 Å². The predicted molar refractivity (Wildman–Crippen MR) is 103 cm³/mol. The molecule has 2 aromatic heterocycles. The van der Waals surface area contributed by atoms with Crippen LogP contribution in [0, 0.1) is 12.8 Å². The number of anilines is 1. The van der Waals surface area contributed by atoms with Crippen molar-refractivity contribution in [2.75, 3.05) is 18.6 Å². The van der Waals surface area contributed by atoms with Gasteiger partial charge in [-0.15, -0.1) is 10.2 Å². The summed E-state index contributed by atoms with van der Waals surface area (Å²) >= 11 is 0. The van der Waals surface area contributed by atoms with Gasteiger partial charge in [-0.05, 0) is 36.8 Å². The van der Waals surface area contributed by atoms with E-state index in [1.165, 1.54) is 0 Å². The average molecular weight is 379 g/mol. The lowest BCUT2D eigenvalue weighted by Crippen LogP contribution is -2.33. The second-order valence-corrected chi connectivity index (χ2v) is 6.84. The van der Waals surface area contributed by atoms with Gasteiger partial charge in [0, 0.05) is 19.2 Å². The number of nitrogens with zero attached hydrogens (tertiary/aromatic N) is 4. The summed E-state index contributed by atoms with van der Waals surface area (Å²) in [4.78, 5) is 26.8. The van der Waals surface area contributed by atoms with Crippen LogP contribution in [0.25, 0.3) is 5.65 Å². The van der Waals surface area contributed by atoms with Crippen LogP contribution >= 0.6 is 0 Å². The smallest absolute Gasteiger partial charge is 0.227 e. The zero-order chi connectivity index (χ0) is 19.7. The zero-order valence-corrected chi connectivity index (χ0v) is 15.8. The van der Waals surface area contributed by atoms with Crippen molar-refractivity contribution >= 4 is 23.1 Å². The van der Waals surface area contributed by atoms with E-state index in [2.05, 4.69) is 15.5 Å². The molecular weight excluding hydrogens is 358 g/mol. The molecule has 0 bridgehead atoms. The maximum Gasteiger partial charge on any atom is 0.227 e. The molecule has 0 radical (unpaired) electrons. The molecule has 0 unspecified atom stereocenters. The van der Waals surface area contributed by atoms with Crippen LogP contribution in [-0.4, -0.2) is 40.1 Å². The van der Waals surface area contributed by atoms with Crippen molar-refractivity contribution < 1.29 is 14.3 Å². The van der Waals surface area contributed by atoms with E-state index < -0.39 is 5.92 Å². The topological polar surface area (TPSA) is 88.8 Å². The second-order valence-electron chi connectivity index (χ2n) is 6.84. The third kappa shape index (κ3) is 3.28. The number of methoxy groups -OCH3 is 1. The monoisotopic (exact) mass is 379 g/mol. The Labute approximate surface area is 162 Å². The Balaban J connectivity index is 1.45. The summed E-state index contributed by atoms with van der Waals surface area (Å²) in [5.41, 5.74) is 2.45. The average Bonchev–Trinajstić information content (AvgIpc) is 3.29. The van der Waals surface area contributed by atoms with E-state index in [1.807, 2.05) is 53.9 Å². The molecule has 1 fully saturated rings. The summed E-state index contributed by atoms with van der Waals surface area (Å²) in [6, 6.07) is 11.3. The lowest BCUT2D eigenvalue weighted by molar-refractivity contribution is -0.126. The molecule has 4 rings (SSSR count). The molecule has 28 heavy (non-hydrogen) atoms. The van der Waals surface area contributed by atoms with Gasteiger partial charge in [0.2, 0.25) is 11.8 Å². The molecule has 1 aliphatic heterocycles. The first kappa shape index (κ1) is 18.0. The van der Waals surface area contributed by atoms with Crippen LogP contribution in [0.1, 0.15) is 17.8 Å². The predicted octanol–water partition coefficient (Wildman–Crippen LogP) is 1.72. The van der Waals surface area contributed by atoms with Crippen molar-refractivity contribution in [1.82, 2.24) is 19.9 Å². The van der Waals surface area contributed by atoms with Crippen LogP contribution in [0.2, 0.25) is 0 Å². The standard InChI is InChI=1S/C20H21N5O3/c1-13-6-7-16(28-2)15(9-13)25-12-14(10-19(25)26)20(27)21-11-18-23-22-17-5-3-4-8-24(17)18/h3-9,14H,10-12H2,1-2H3,(H,21,27)/t14-/m0/s1. The van der Waals surface area contributed by atoms with Gasteiger partial charge >= 0.3 is 0 Å². The molecule has 8 heteroatoms. The lowest BCUT2D eigenvalue weighted by Gasteiger charge is -2.20. The zero-order valence-electron chi connectivity index (χ0n) is 15.8. The number of carbonyl (C=O) groups is 2. The molecule has 1 saturated heterocycles. The SMILES string of the molecule is COc1ccc(C)cc1N1C[C@@H](C(=O)NCc2nnc3ccccn23)CC1=O. The second kappa shape index (κ2) is 7.30. The Hall–Kier alpha value is -3.42. The highest BCUT2D eigenvalue weighted by molar-refractivity contribution is 6.01. The number of ether oxygens (including phenoxy) is 1. The number of hydrogen-bond donors (Lipinski definition) is 1. The molecule has 1 aromatic carbocycles.